The summed E-state index contributed by atoms with van der Waals surface area (Å²) < 4.78 is 11.5. The summed E-state index contributed by atoms with van der Waals surface area (Å²) in [7, 11) is 2.33. The summed E-state index contributed by atoms with van der Waals surface area (Å²) in [4.78, 5) is 5.19. The molecule has 4 rings (SSSR count). The SMILES string of the molecule is CN1C(COCC2CC2)CCC12CCN(Cc1ccco1)CC2. The van der Waals surface area contributed by atoms with E-state index in [1.807, 2.05) is 6.07 Å². The molecule has 1 unspecified atom stereocenters. The van der Waals surface area contributed by atoms with Crippen LogP contribution in [0.5, 0.6) is 0 Å². The van der Waals surface area contributed by atoms with Crippen LogP contribution in [0.2, 0.25) is 0 Å². The van der Waals surface area contributed by atoms with Crippen molar-refractivity contribution in [1.82, 2.24) is 9.80 Å². The van der Waals surface area contributed by atoms with Gasteiger partial charge in [0.2, 0.25) is 0 Å². The third-order valence-electron chi connectivity index (χ3n) is 6.35. The van der Waals surface area contributed by atoms with E-state index in [1.165, 1.54) is 51.6 Å². The lowest BCUT2D eigenvalue weighted by molar-refractivity contribution is 0.0151. The molecule has 1 aromatic rings. The third-order valence-corrected chi connectivity index (χ3v) is 6.35. The van der Waals surface area contributed by atoms with E-state index in [-0.39, 0.29) is 0 Å². The van der Waals surface area contributed by atoms with E-state index in [0.717, 1.165) is 31.4 Å². The van der Waals surface area contributed by atoms with E-state index in [2.05, 4.69) is 22.9 Å². The Labute approximate surface area is 139 Å². The van der Waals surface area contributed by atoms with Gasteiger partial charge in [-0.3, -0.25) is 9.80 Å². The maximum absolute atomic E-state index is 5.97. The molecule has 4 nitrogen and oxygen atoms in total. The van der Waals surface area contributed by atoms with E-state index >= 15 is 0 Å². The zero-order chi connectivity index (χ0) is 15.7. The van der Waals surface area contributed by atoms with Crippen molar-refractivity contribution in [2.24, 2.45) is 5.92 Å². The Morgan fingerprint density at radius 2 is 2.00 bits per heavy atom. The molecule has 0 radical (unpaired) electrons. The lowest BCUT2D eigenvalue weighted by Crippen LogP contribution is -2.52. The van der Waals surface area contributed by atoms with Gasteiger partial charge in [0.25, 0.3) is 0 Å². The first kappa shape index (κ1) is 15.7. The van der Waals surface area contributed by atoms with Crippen molar-refractivity contribution in [3.63, 3.8) is 0 Å². The highest BCUT2D eigenvalue weighted by Crippen LogP contribution is 2.41. The number of piperidine rings is 1. The predicted molar refractivity (Wildman–Crippen MR) is 90.3 cm³/mol. The Hall–Kier alpha value is -0.840. The summed E-state index contributed by atoms with van der Waals surface area (Å²) >= 11 is 0. The number of likely N-dealkylation sites (N-methyl/N-ethyl adjacent to an activating group) is 1. The molecule has 0 aromatic carbocycles. The first-order valence-electron chi connectivity index (χ1n) is 9.31. The Bertz CT molecular complexity index is 489. The first-order chi connectivity index (χ1) is 11.3. The maximum Gasteiger partial charge on any atom is 0.117 e. The molecule has 1 aliphatic carbocycles. The van der Waals surface area contributed by atoms with Gasteiger partial charge in [-0.15, -0.1) is 0 Å². The van der Waals surface area contributed by atoms with E-state index in [0.29, 0.717) is 11.6 Å². The molecule has 1 atom stereocenters. The summed E-state index contributed by atoms with van der Waals surface area (Å²) in [6.07, 6.45) is 9.76. The van der Waals surface area contributed by atoms with Gasteiger partial charge >= 0.3 is 0 Å². The largest absolute Gasteiger partial charge is 0.468 e. The molecule has 0 N–H and O–H groups in total. The molecule has 3 heterocycles. The van der Waals surface area contributed by atoms with Crippen molar-refractivity contribution in [2.45, 2.75) is 56.7 Å². The van der Waals surface area contributed by atoms with E-state index < -0.39 is 0 Å². The van der Waals surface area contributed by atoms with Crippen molar-refractivity contribution >= 4 is 0 Å². The minimum absolute atomic E-state index is 0.424. The predicted octanol–water partition coefficient (Wildman–Crippen LogP) is 3.14. The molecule has 0 amide bonds. The second-order valence-electron chi connectivity index (χ2n) is 7.86. The molecule has 2 saturated heterocycles. The summed E-state index contributed by atoms with van der Waals surface area (Å²) in [5.74, 6) is 1.97. The van der Waals surface area contributed by atoms with Crippen molar-refractivity contribution in [2.75, 3.05) is 33.4 Å². The van der Waals surface area contributed by atoms with Crippen molar-refractivity contribution in [3.8, 4) is 0 Å². The molecule has 128 valence electrons. The normalized spacial score (nSPS) is 28.7. The van der Waals surface area contributed by atoms with Crippen LogP contribution >= 0.6 is 0 Å². The van der Waals surface area contributed by atoms with Crippen LogP contribution < -0.4 is 0 Å². The smallest absolute Gasteiger partial charge is 0.117 e. The van der Waals surface area contributed by atoms with Crippen LogP contribution in [0.25, 0.3) is 0 Å². The highest BCUT2D eigenvalue weighted by atomic mass is 16.5. The van der Waals surface area contributed by atoms with Gasteiger partial charge in [-0.25, -0.2) is 0 Å². The van der Waals surface area contributed by atoms with Gasteiger partial charge in [-0.2, -0.15) is 0 Å². The van der Waals surface area contributed by atoms with Crippen molar-refractivity contribution in [3.05, 3.63) is 24.2 Å². The summed E-state index contributed by atoms with van der Waals surface area (Å²) in [6, 6.07) is 4.70. The number of likely N-dealkylation sites (tertiary alicyclic amines) is 2. The lowest BCUT2D eigenvalue weighted by atomic mass is 9.85. The average molecular weight is 318 g/mol. The van der Waals surface area contributed by atoms with Crippen LogP contribution in [-0.4, -0.2) is 54.7 Å². The second kappa shape index (κ2) is 6.58. The third kappa shape index (κ3) is 3.49. The van der Waals surface area contributed by atoms with Crippen LogP contribution in [0.1, 0.15) is 44.3 Å². The Balaban J connectivity index is 1.26. The van der Waals surface area contributed by atoms with E-state index in [4.69, 9.17) is 9.15 Å². The van der Waals surface area contributed by atoms with Crippen molar-refractivity contribution < 1.29 is 9.15 Å². The number of furan rings is 1. The molecule has 0 bridgehead atoms. The summed E-state index contributed by atoms with van der Waals surface area (Å²) in [5, 5.41) is 0. The van der Waals surface area contributed by atoms with Crippen LogP contribution in [0, 0.1) is 5.92 Å². The monoisotopic (exact) mass is 318 g/mol. The quantitative estimate of drug-likeness (QED) is 0.806. The van der Waals surface area contributed by atoms with Gasteiger partial charge in [-0.05, 0) is 63.6 Å². The Morgan fingerprint density at radius 3 is 2.70 bits per heavy atom. The Morgan fingerprint density at radius 1 is 1.17 bits per heavy atom. The van der Waals surface area contributed by atoms with E-state index in [9.17, 15) is 0 Å². The minimum Gasteiger partial charge on any atom is -0.468 e. The molecular weight excluding hydrogens is 288 g/mol. The van der Waals surface area contributed by atoms with Crippen LogP contribution in [0.3, 0.4) is 0 Å². The van der Waals surface area contributed by atoms with Gasteiger partial charge in [0.15, 0.2) is 0 Å². The topological polar surface area (TPSA) is 28.9 Å². The number of hydrogen-bond donors (Lipinski definition) is 0. The summed E-state index contributed by atoms with van der Waals surface area (Å²) in [6.45, 7) is 5.25. The summed E-state index contributed by atoms with van der Waals surface area (Å²) in [5.41, 5.74) is 0.424. The van der Waals surface area contributed by atoms with Gasteiger partial charge < -0.3 is 9.15 Å². The highest BCUT2D eigenvalue weighted by Gasteiger charge is 2.45. The van der Waals surface area contributed by atoms with Crippen LogP contribution in [0.15, 0.2) is 22.8 Å². The number of hydrogen-bond acceptors (Lipinski definition) is 4. The number of nitrogens with zero attached hydrogens (tertiary/aromatic N) is 2. The van der Waals surface area contributed by atoms with Crippen LogP contribution in [0.4, 0.5) is 0 Å². The molecule has 1 spiro atoms. The molecule has 23 heavy (non-hydrogen) atoms. The average Bonchev–Trinajstić information content (AvgIpc) is 3.16. The lowest BCUT2D eigenvalue weighted by Gasteiger charge is -2.45. The molecular formula is C19H30N2O2. The molecule has 1 saturated carbocycles. The standard InChI is InChI=1S/C19H30N2O2/c1-20-17(15-22-14-16-4-5-16)6-7-19(20)8-10-21(11-9-19)13-18-3-2-12-23-18/h2-3,12,16-17H,4-11,13-15H2,1H3. The van der Waals surface area contributed by atoms with Gasteiger partial charge in [0.05, 0.1) is 19.4 Å². The molecule has 1 aromatic heterocycles. The van der Waals surface area contributed by atoms with Crippen LogP contribution in [-0.2, 0) is 11.3 Å². The van der Waals surface area contributed by atoms with Gasteiger partial charge in [0, 0.05) is 31.3 Å². The zero-order valence-corrected chi connectivity index (χ0v) is 14.4. The van der Waals surface area contributed by atoms with Gasteiger partial charge in [0.1, 0.15) is 5.76 Å². The first-order valence-corrected chi connectivity index (χ1v) is 9.31. The molecule has 4 heteroatoms. The van der Waals surface area contributed by atoms with E-state index in [1.54, 1.807) is 6.26 Å². The molecule has 2 aliphatic heterocycles. The minimum atomic E-state index is 0.424. The zero-order valence-electron chi connectivity index (χ0n) is 14.4. The van der Waals surface area contributed by atoms with Gasteiger partial charge in [-0.1, -0.05) is 0 Å². The fourth-order valence-electron chi connectivity index (χ4n) is 4.40. The van der Waals surface area contributed by atoms with Crippen molar-refractivity contribution in [1.29, 1.82) is 0 Å². The Kier molecular flexibility index (Phi) is 4.48. The maximum atomic E-state index is 5.97. The fourth-order valence-corrected chi connectivity index (χ4v) is 4.40. The highest BCUT2D eigenvalue weighted by molar-refractivity contribution is 5.03. The number of rotatable bonds is 6. The second-order valence-corrected chi connectivity index (χ2v) is 7.86. The number of ether oxygens (including phenoxy) is 1. The molecule has 3 aliphatic rings. The molecule has 3 fully saturated rings. The fraction of sp³-hybridized carbons (Fsp3) is 0.789.